The van der Waals surface area contributed by atoms with Crippen molar-refractivity contribution in [3.05, 3.63) is 40.9 Å². The molecule has 0 saturated heterocycles. The molecule has 0 bridgehead atoms. The third-order valence-electron chi connectivity index (χ3n) is 1.35. The topological polar surface area (TPSA) is 0 Å². The molecule has 1 aromatic carbocycles. The zero-order valence-electron chi connectivity index (χ0n) is 6.23. The molecule has 0 unspecified atom stereocenters. The largest absolute Gasteiger partial charge is 0.129 e. The van der Waals surface area contributed by atoms with E-state index in [2.05, 4.69) is 34.7 Å². The maximum Gasteiger partial charge on any atom is 0.0182 e. The van der Waals surface area contributed by atoms with Crippen LogP contribution in [0, 0.1) is 6.08 Å². The maximum atomic E-state index is 3.62. The quantitative estimate of drug-likeness (QED) is 0.698. The summed E-state index contributed by atoms with van der Waals surface area (Å²) in [6.07, 6.45) is 4.93. The minimum atomic E-state index is 1.06. The molecule has 0 N–H and O–H groups in total. The number of rotatable bonds is 2. The second-order valence-electron chi connectivity index (χ2n) is 2.02. The smallest absolute Gasteiger partial charge is 0.0182 e. The summed E-state index contributed by atoms with van der Waals surface area (Å²) in [5.74, 6) is 0. The van der Waals surface area contributed by atoms with Crippen molar-refractivity contribution in [3.8, 4) is 0 Å². The van der Waals surface area contributed by atoms with E-state index in [0.717, 1.165) is 10.0 Å². The van der Waals surface area contributed by atoms with Crippen LogP contribution >= 0.6 is 27.7 Å². The van der Waals surface area contributed by atoms with Crippen molar-refractivity contribution in [2.45, 2.75) is 4.90 Å². The van der Waals surface area contributed by atoms with E-state index in [1.165, 1.54) is 4.90 Å². The molecule has 1 aromatic rings. The van der Waals surface area contributed by atoms with Gasteiger partial charge in [-0.2, -0.15) is 0 Å². The van der Waals surface area contributed by atoms with E-state index in [-0.39, 0.29) is 0 Å². The molecule has 0 aliphatic heterocycles. The summed E-state index contributed by atoms with van der Waals surface area (Å²) in [5.41, 5.74) is 1.06. The highest BCUT2D eigenvalue weighted by Crippen LogP contribution is 2.23. The predicted molar refractivity (Wildman–Crippen MR) is 53.9 cm³/mol. The van der Waals surface area contributed by atoms with Gasteiger partial charge in [-0.25, -0.2) is 0 Å². The lowest BCUT2D eigenvalue weighted by atomic mass is 10.2. The molecule has 0 saturated carbocycles. The van der Waals surface area contributed by atoms with E-state index in [4.69, 9.17) is 0 Å². The lowest BCUT2D eigenvalue weighted by Crippen LogP contribution is -1.78. The molecular formula is C9H8BrS. The number of halogens is 1. The van der Waals surface area contributed by atoms with Crippen LogP contribution < -0.4 is 0 Å². The Morgan fingerprint density at radius 1 is 1.55 bits per heavy atom. The summed E-state index contributed by atoms with van der Waals surface area (Å²) in [4.78, 5) is 1.21. The zero-order valence-corrected chi connectivity index (χ0v) is 8.63. The van der Waals surface area contributed by atoms with E-state index >= 15 is 0 Å². The Bertz CT molecular complexity index is 268. The average Bonchev–Trinajstić information content (AvgIpc) is 2.04. The Hall–Kier alpha value is -0.210. The second kappa shape index (κ2) is 3.98. The van der Waals surface area contributed by atoms with Crippen LogP contribution in [0.2, 0.25) is 0 Å². The highest BCUT2D eigenvalue weighted by atomic mass is 79.9. The van der Waals surface area contributed by atoms with Crippen molar-refractivity contribution in [2.75, 3.05) is 6.26 Å². The standard InChI is InChI=1S/C9H8BrS/c1-3-7-6-8(10)4-5-9(7)11-2/h4-6H,1H2,2H3. The molecule has 57 valence electrons. The third-order valence-corrected chi connectivity index (χ3v) is 2.64. The maximum absolute atomic E-state index is 3.62. The Kier molecular flexibility index (Phi) is 3.21. The van der Waals surface area contributed by atoms with E-state index in [1.54, 1.807) is 11.8 Å². The van der Waals surface area contributed by atoms with Crippen LogP contribution in [0.5, 0.6) is 0 Å². The summed E-state index contributed by atoms with van der Waals surface area (Å²) < 4.78 is 1.07. The molecule has 0 spiro atoms. The first-order chi connectivity index (χ1) is 5.27. The molecule has 1 radical (unpaired) electrons. The Balaban J connectivity index is 3.16. The molecule has 0 atom stereocenters. The first kappa shape index (κ1) is 8.88. The van der Waals surface area contributed by atoms with Crippen LogP contribution in [0.15, 0.2) is 34.1 Å². The fourth-order valence-corrected chi connectivity index (χ4v) is 1.73. The molecule has 0 amide bonds. The number of hydrogen-bond donors (Lipinski definition) is 0. The molecule has 0 aromatic heterocycles. The van der Waals surface area contributed by atoms with Gasteiger partial charge in [-0.15, -0.1) is 11.8 Å². The van der Waals surface area contributed by atoms with Gasteiger partial charge in [0, 0.05) is 9.37 Å². The van der Waals surface area contributed by atoms with Crippen molar-refractivity contribution in [1.82, 2.24) is 0 Å². The van der Waals surface area contributed by atoms with Gasteiger partial charge in [0.2, 0.25) is 0 Å². The summed E-state index contributed by atoms with van der Waals surface area (Å²) in [7, 11) is 0. The van der Waals surface area contributed by atoms with Crippen molar-refractivity contribution < 1.29 is 0 Å². The van der Waals surface area contributed by atoms with Crippen LogP contribution in [0.1, 0.15) is 5.56 Å². The predicted octanol–water partition coefficient (Wildman–Crippen LogP) is 3.51. The van der Waals surface area contributed by atoms with Crippen LogP contribution in [0.3, 0.4) is 0 Å². The summed E-state index contributed by atoms with van der Waals surface area (Å²) in [5, 5.41) is 0. The average molecular weight is 228 g/mol. The minimum Gasteiger partial charge on any atom is -0.129 e. The lowest BCUT2D eigenvalue weighted by Gasteiger charge is -2.01. The summed E-state index contributed by atoms with van der Waals surface area (Å²) >= 11 is 5.09. The van der Waals surface area contributed by atoms with Crippen LogP contribution in [0.25, 0.3) is 0 Å². The second-order valence-corrected chi connectivity index (χ2v) is 3.79. The Morgan fingerprint density at radius 3 is 2.82 bits per heavy atom. The van der Waals surface area contributed by atoms with E-state index in [9.17, 15) is 0 Å². The van der Waals surface area contributed by atoms with Gasteiger partial charge in [0.1, 0.15) is 0 Å². The first-order valence-corrected chi connectivity index (χ1v) is 5.16. The fraction of sp³-hybridized carbons (Fsp3) is 0.111. The number of hydrogen-bond acceptors (Lipinski definition) is 1. The monoisotopic (exact) mass is 227 g/mol. The molecule has 0 nitrogen and oxygen atoms in total. The van der Waals surface area contributed by atoms with Gasteiger partial charge in [-0.1, -0.05) is 22.5 Å². The summed E-state index contributed by atoms with van der Waals surface area (Å²) in [6, 6.07) is 6.09. The van der Waals surface area contributed by atoms with Crippen molar-refractivity contribution in [2.24, 2.45) is 0 Å². The van der Waals surface area contributed by atoms with E-state index in [0.29, 0.717) is 0 Å². The normalized spacial score (nSPS) is 9.64. The Morgan fingerprint density at radius 2 is 2.27 bits per heavy atom. The summed E-state index contributed by atoms with van der Waals surface area (Å²) in [6.45, 7) is 3.62. The van der Waals surface area contributed by atoms with Crippen molar-refractivity contribution in [1.29, 1.82) is 0 Å². The highest BCUT2D eigenvalue weighted by Gasteiger charge is 1.97. The fourth-order valence-electron chi connectivity index (χ4n) is 0.818. The number of benzene rings is 1. The van der Waals surface area contributed by atoms with Gasteiger partial charge in [-0.3, -0.25) is 0 Å². The minimum absolute atomic E-state index is 1.06. The van der Waals surface area contributed by atoms with Gasteiger partial charge in [-0.05, 0) is 36.1 Å². The Labute approximate surface area is 79.8 Å². The number of thioether (sulfide) groups is 1. The van der Waals surface area contributed by atoms with E-state index in [1.807, 2.05) is 18.4 Å². The van der Waals surface area contributed by atoms with Gasteiger partial charge < -0.3 is 0 Å². The van der Waals surface area contributed by atoms with E-state index < -0.39 is 0 Å². The van der Waals surface area contributed by atoms with Gasteiger partial charge in [0.15, 0.2) is 0 Å². The zero-order chi connectivity index (χ0) is 8.27. The molecule has 0 fully saturated rings. The molecule has 2 heteroatoms. The molecule has 0 aliphatic carbocycles. The molecular weight excluding hydrogens is 220 g/mol. The van der Waals surface area contributed by atoms with Crippen LogP contribution in [0.4, 0.5) is 0 Å². The molecule has 1 rings (SSSR count). The van der Waals surface area contributed by atoms with Crippen LogP contribution in [-0.4, -0.2) is 6.26 Å². The van der Waals surface area contributed by atoms with Crippen LogP contribution in [-0.2, 0) is 0 Å². The molecule has 0 aliphatic rings. The SMILES string of the molecule is C=[C]c1cc(Br)ccc1SC. The first-order valence-electron chi connectivity index (χ1n) is 3.14. The molecule has 11 heavy (non-hydrogen) atoms. The highest BCUT2D eigenvalue weighted by molar-refractivity contribution is 9.10. The molecule has 0 heterocycles. The van der Waals surface area contributed by atoms with Gasteiger partial charge >= 0.3 is 0 Å². The third kappa shape index (κ3) is 2.11. The van der Waals surface area contributed by atoms with Gasteiger partial charge in [0.25, 0.3) is 0 Å². The van der Waals surface area contributed by atoms with Crippen molar-refractivity contribution in [3.63, 3.8) is 0 Å². The van der Waals surface area contributed by atoms with Crippen molar-refractivity contribution >= 4 is 27.7 Å². The lowest BCUT2D eigenvalue weighted by molar-refractivity contribution is 1.36. The van der Waals surface area contributed by atoms with Gasteiger partial charge in [0.05, 0.1) is 0 Å².